The van der Waals surface area contributed by atoms with E-state index >= 15 is 0 Å². The number of allylic oxidation sites excluding steroid dienone is 1. The molecule has 1 heterocycles. The number of rotatable bonds is 11. The molecule has 4 aromatic rings. The first-order valence-electron chi connectivity index (χ1n) is 17.1. The van der Waals surface area contributed by atoms with Gasteiger partial charge in [-0.3, -0.25) is 14.4 Å². The Morgan fingerprint density at radius 1 is 0.846 bits per heavy atom. The molecule has 0 aliphatic carbocycles. The number of anilines is 1. The minimum Gasteiger partial charge on any atom is -0.461 e. The van der Waals surface area contributed by atoms with Crippen molar-refractivity contribution in [1.29, 1.82) is 0 Å². The van der Waals surface area contributed by atoms with Crippen LogP contribution in [-0.2, 0) is 41.7 Å². The van der Waals surface area contributed by atoms with Crippen molar-refractivity contribution in [1.82, 2.24) is 16.0 Å². The van der Waals surface area contributed by atoms with E-state index in [2.05, 4.69) is 21.3 Å². The largest absolute Gasteiger partial charge is 0.461 e. The van der Waals surface area contributed by atoms with Crippen molar-refractivity contribution in [3.05, 3.63) is 126 Å². The summed E-state index contributed by atoms with van der Waals surface area (Å²) < 4.78 is 10.8. The SMILES string of the molecule is O=C(CC1CC=CCC(NC(=O)OCc2ccccc2)C(=O)OCC(C(=O)Nc2ccc3ccccc3c2)NC1=O)NC(CO)Cc1ccccc1. The minimum atomic E-state index is -1.34. The van der Waals surface area contributed by atoms with Crippen LogP contribution in [0.5, 0.6) is 0 Å². The Balaban J connectivity index is 1.31. The number of ether oxygens (including phenoxy) is 2. The molecular weight excluding hydrogens is 664 g/mol. The van der Waals surface area contributed by atoms with Gasteiger partial charge in [0.1, 0.15) is 25.3 Å². The number of carbonyl (C=O) groups is 5. The molecule has 0 aromatic heterocycles. The maximum atomic E-state index is 13.7. The summed E-state index contributed by atoms with van der Waals surface area (Å²) in [7, 11) is 0. The molecule has 0 radical (unpaired) electrons. The van der Waals surface area contributed by atoms with Crippen molar-refractivity contribution in [2.24, 2.45) is 5.92 Å². The first-order chi connectivity index (χ1) is 25.3. The summed E-state index contributed by atoms with van der Waals surface area (Å²) in [6, 6.07) is 28.3. The number of amides is 4. The smallest absolute Gasteiger partial charge is 0.408 e. The lowest BCUT2D eigenvalue weighted by atomic mass is 9.97. The van der Waals surface area contributed by atoms with Crippen LogP contribution in [0.2, 0.25) is 0 Å². The molecule has 4 amide bonds. The van der Waals surface area contributed by atoms with Gasteiger partial charge in [-0.05, 0) is 53.3 Å². The topological polar surface area (TPSA) is 172 Å². The number of hydrogen-bond donors (Lipinski definition) is 5. The van der Waals surface area contributed by atoms with Gasteiger partial charge in [0, 0.05) is 12.1 Å². The zero-order chi connectivity index (χ0) is 36.7. The van der Waals surface area contributed by atoms with Crippen LogP contribution in [0.25, 0.3) is 10.8 Å². The number of aliphatic hydroxyl groups excluding tert-OH is 1. The highest BCUT2D eigenvalue weighted by Gasteiger charge is 2.31. The quantitative estimate of drug-likeness (QED) is 0.114. The van der Waals surface area contributed by atoms with Crippen molar-refractivity contribution in [2.75, 3.05) is 18.5 Å². The van der Waals surface area contributed by atoms with Crippen LogP contribution in [-0.4, -0.2) is 66.2 Å². The van der Waals surface area contributed by atoms with E-state index in [9.17, 15) is 29.1 Å². The molecule has 0 saturated carbocycles. The maximum absolute atomic E-state index is 13.7. The van der Waals surface area contributed by atoms with Crippen LogP contribution in [0, 0.1) is 5.92 Å². The Kier molecular flexibility index (Phi) is 13.5. The van der Waals surface area contributed by atoms with Crippen LogP contribution >= 0.6 is 0 Å². The molecule has 0 spiro atoms. The molecule has 4 atom stereocenters. The number of cyclic esters (lactones) is 1. The maximum Gasteiger partial charge on any atom is 0.408 e. The average molecular weight is 707 g/mol. The van der Waals surface area contributed by atoms with Crippen LogP contribution in [0.15, 0.2) is 115 Å². The Morgan fingerprint density at radius 3 is 2.25 bits per heavy atom. The van der Waals surface area contributed by atoms with E-state index in [1.807, 2.05) is 78.9 Å². The van der Waals surface area contributed by atoms with E-state index in [0.29, 0.717) is 12.1 Å². The number of nitrogens with one attached hydrogen (secondary N) is 4. The van der Waals surface area contributed by atoms with Gasteiger partial charge in [-0.15, -0.1) is 0 Å². The molecule has 12 heteroatoms. The van der Waals surface area contributed by atoms with Crippen molar-refractivity contribution in [2.45, 2.75) is 50.4 Å². The molecule has 1 aliphatic rings. The third-order valence-electron chi connectivity index (χ3n) is 8.50. The Morgan fingerprint density at radius 2 is 1.52 bits per heavy atom. The summed E-state index contributed by atoms with van der Waals surface area (Å²) in [4.78, 5) is 66.4. The van der Waals surface area contributed by atoms with Crippen LogP contribution in [0.1, 0.15) is 30.4 Å². The fraction of sp³-hybridized carbons (Fsp3) is 0.275. The molecule has 0 bridgehead atoms. The van der Waals surface area contributed by atoms with Gasteiger partial charge < -0.3 is 35.8 Å². The highest BCUT2D eigenvalue weighted by molar-refractivity contribution is 6.00. The monoisotopic (exact) mass is 706 g/mol. The first kappa shape index (κ1) is 37.3. The van der Waals surface area contributed by atoms with E-state index in [-0.39, 0.29) is 32.5 Å². The fourth-order valence-corrected chi connectivity index (χ4v) is 5.70. The third-order valence-corrected chi connectivity index (χ3v) is 8.50. The molecule has 0 saturated heterocycles. The standard InChI is InChI=1S/C40H42N4O8/c45-24-33(21-27-11-3-1-4-12-27)41-36(46)23-31-17-9-10-18-34(44-40(50)52-25-28-13-5-2-6-14-28)39(49)51-26-35(43-37(31)47)38(48)42-32-20-19-29-15-7-8-16-30(29)22-32/h1-16,19-20,22,31,33-35,45H,17-18,21,23-26H2,(H,41,46)(H,42,48)(H,43,47)(H,44,50). The third kappa shape index (κ3) is 11.3. The molecule has 4 aromatic carbocycles. The number of carbonyl (C=O) groups excluding carboxylic acids is 5. The van der Waals surface area contributed by atoms with Crippen molar-refractivity contribution < 1.29 is 38.6 Å². The van der Waals surface area contributed by atoms with Crippen LogP contribution in [0.3, 0.4) is 0 Å². The first-order valence-corrected chi connectivity index (χ1v) is 17.1. The normalized spacial score (nSPS) is 18.4. The second-order valence-corrected chi connectivity index (χ2v) is 12.5. The summed E-state index contributed by atoms with van der Waals surface area (Å²) in [5, 5.41) is 22.6. The van der Waals surface area contributed by atoms with E-state index in [0.717, 1.165) is 21.9 Å². The van der Waals surface area contributed by atoms with E-state index in [1.54, 1.807) is 36.4 Å². The minimum absolute atomic E-state index is 0.00256. The van der Waals surface area contributed by atoms with Gasteiger partial charge in [0.2, 0.25) is 11.8 Å². The summed E-state index contributed by atoms with van der Waals surface area (Å²) in [6.45, 7) is -0.866. The predicted octanol–water partition coefficient (Wildman–Crippen LogP) is 4.18. The van der Waals surface area contributed by atoms with Gasteiger partial charge in [0.25, 0.3) is 5.91 Å². The lowest BCUT2D eigenvalue weighted by molar-refractivity contribution is -0.148. The number of esters is 1. The molecule has 5 N–H and O–H groups in total. The van der Waals surface area contributed by atoms with Gasteiger partial charge in [-0.1, -0.05) is 103 Å². The lowest BCUT2D eigenvalue weighted by Crippen LogP contribution is -2.51. The number of fused-ring (bicyclic) bond motifs is 1. The molecule has 5 rings (SSSR count). The zero-order valence-electron chi connectivity index (χ0n) is 28.5. The van der Waals surface area contributed by atoms with Gasteiger partial charge in [0.15, 0.2) is 0 Å². The Hall–Kier alpha value is -6.01. The second kappa shape index (κ2) is 18.8. The summed E-state index contributed by atoms with van der Waals surface area (Å²) in [6.07, 6.45) is 2.64. The number of alkyl carbamates (subject to hydrolysis) is 1. The van der Waals surface area contributed by atoms with Crippen molar-refractivity contribution in [3.63, 3.8) is 0 Å². The molecule has 12 nitrogen and oxygen atoms in total. The van der Waals surface area contributed by atoms with Gasteiger partial charge >= 0.3 is 12.1 Å². The summed E-state index contributed by atoms with van der Waals surface area (Å²) >= 11 is 0. The fourth-order valence-electron chi connectivity index (χ4n) is 5.70. The molecular formula is C40H42N4O8. The van der Waals surface area contributed by atoms with E-state index < -0.39 is 60.4 Å². The number of benzene rings is 4. The lowest BCUT2D eigenvalue weighted by Gasteiger charge is -2.24. The molecule has 52 heavy (non-hydrogen) atoms. The predicted molar refractivity (Wildman–Crippen MR) is 195 cm³/mol. The Bertz CT molecular complexity index is 1870. The van der Waals surface area contributed by atoms with Gasteiger partial charge in [0.05, 0.1) is 18.6 Å². The number of aliphatic hydroxyl groups is 1. The second-order valence-electron chi connectivity index (χ2n) is 12.5. The van der Waals surface area contributed by atoms with E-state index in [4.69, 9.17) is 9.47 Å². The molecule has 0 fully saturated rings. The van der Waals surface area contributed by atoms with Crippen molar-refractivity contribution in [3.8, 4) is 0 Å². The van der Waals surface area contributed by atoms with Crippen LogP contribution in [0.4, 0.5) is 10.5 Å². The summed E-state index contributed by atoms with van der Waals surface area (Å²) in [5.41, 5.74) is 2.15. The van der Waals surface area contributed by atoms with Gasteiger partial charge in [-0.2, -0.15) is 0 Å². The van der Waals surface area contributed by atoms with Gasteiger partial charge in [-0.25, -0.2) is 9.59 Å². The van der Waals surface area contributed by atoms with Crippen LogP contribution < -0.4 is 21.3 Å². The average Bonchev–Trinajstić information content (AvgIpc) is 3.16. The summed E-state index contributed by atoms with van der Waals surface area (Å²) in [5.74, 6) is -3.45. The Labute approximate surface area is 301 Å². The number of hydrogen-bond acceptors (Lipinski definition) is 8. The highest BCUT2D eigenvalue weighted by Crippen LogP contribution is 2.20. The molecule has 1 aliphatic heterocycles. The van der Waals surface area contributed by atoms with E-state index in [1.165, 1.54) is 0 Å². The molecule has 270 valence electrons. The zero-order valence-corrected chi connectivity index (χ0v) is 28.5. The molecule has 4 unspecified atom stereocenters. The highest BCUT2D eigenvalue weighted by atomic mass is 16.6. The van der Waals surface area contributed by atoms with Crippen molar-refractivity contribution >= 4 is 46.2 Å².